The van der Waals surface area contributed by atoms with Gasteiger partial charge in [-0.3, -0.25) is 24.0 Å². The number of carbonyl (C=O) groups excluding carboxylic acids is 5. The molecule has 5 atom stereocenters. The predicted molar refractivity (Wildman–Crippen MR) is 188 cm³/mol. The van der Waals surface area contributed by atoms with E-state index in [9.17, 15) is 32.4 Å². The molecule has 3 fully saturated rings. The number of fused-ring (bicyclic) bond motifs is 3. The van der Waals surface area contributed by atoms with Gasteiger partial charge >= 0.3 is 12.1 Å². The molecule has 1 aromatic carbocycles. The summed E-state index contributed by atoms with van der Waals surface area (Å²) >= 11 is 0. The lowest BCUT2D eigenvalue weighted by Gasteiger charge is -2.32. The molecule has 0 radical (unpaired) electrons. The van der Waals surface area contributed by atoms with Gasteiger partial charge in [0.1, 0.15) is 23.7 Å². The summed E-state index contributed by atoms with van der Waals surface area (Å²) in [5.41, 5.74) is 1.50. The minimum Gasteiger partial charge on any atom is -0.444 e. The van der Waals surface area contributed by atoms with E-state index in [0.29, 0.717) is 32.5 Å². The minimum absolute atomic E-state index is 0.0619. The number of nitrogens with one attached hydrogen (secondary N) is 3. The molecule has 1 saturated heterocycles. The van der Waals surface area contributed by atoms with Crippen LogP contribution in [0.5, 0.6) is 0 Å². The number of ether oxygens (including phenoxy) is 1. The summed E-state index contributed by atoms with van der Waals surface area (Å²) < 4.78 is 33.4. The number of benzene rings is 1. The van der Waals surface area contributed by atoms with Crippen molar-refractivity contribution in [2.75, 3.05) is 20.1 Å². The molecule has 5 aliphatic rings. The van der Waals surface area contributed by atoms with Crippen LogP contribution in [-0.4, -0.2) is 102 Å². The molecule has 15 heteroatoms. The number of urea groups is 1. The molecule has 0 unspecified atom stereocenters. The van der Waals surface area contributed by atoms with Gasteiger partial charge in [0.05, 0.1) is 18.3 Å². The average molecular weight is 725 g/mol. The maximum atomic E-state index is 14.3. The number of hydrogen-bond donors (Lipinski definition) is 3. The van der Waals surface area contributed by atoms with E-state index in [0.717, 1.165) is 36.0 Å². The molecule has 1 aromatic rings. The number of hydrogen-bond acceptors (Lipinski definition) is 8. The van der Waals surface area contributed by atoms with Gasteiger partial charge in [0.25, 0.3) is 5.91 Å². The zero-order chi connectivity index (χ0) is 36.7. The van der Waals surface area contributed by atoms with E-state index in [1.165, 1.54) is 15.9 Å². The Balaban J connectivity index is 1.27. The fraction of sp³-hybridized carbons (Fsp3) is 0.583. The Hall–Kier alpha value is -4.40. The maximum absolute atomic E-state index is 14.3. The minimum atomic E-state index is -3.90. The van der Waals surface area contributed by atoms with Crippen molar-refractivity contribution in [3.63, 3.8) is 0 Å². The second-order valence-electron chi connectivity index (χ2n) is 14.8. The summed E-state index contributed by atoms with van der Waals surface area (Å²) in [7, 11) is -2.23. The molecule has 3 heterocycles. The third-order valence-corrected chi connectivity index (χ3v) is 12.4. The lowest BCUT2D eigenvalue weighted by atomic mass is 10.0. The summed E-state index contributed by atoms with van der Waals surface area (Å²) in [5.74, 6) is -2.97. The van der Waals surface area contributed by atoms with E-state index in [2.05, 4.69) is 34.1 Å². The molecule has 6 amide bonds. The molecule has 2 aliphatic carbocycles. The second-order valence-corrected chi connectivity index (χ2v) is 16.7. The van der Waals surface area contributed by atoms with Crippen molar-refractivity contribution >= 4 is 45.9 Å². The fourth-order valence-electron chi connectivity index (χ4n) is 7.20. The predicted octanol–water partition coefficient (Wildman–Crippen LogP) is 2.64. The van der Waals surface area contributed by atoms with Crippen LogP contribution in [0, 0.1) is 11.8 Å². The fourth-order valence-corrected chi connectivity index (χ4v) is 8.57. The van der Waals surface area contributed by atoms with Crippen LogP contribution in [0.15, 0.2) is 36.9 Å². The first-order valence-electron chi connectivity index (χ1n) is 17.8. The molecular weight excluding hydrogens is 676 g/mol. The lowest BCUT2D eigenvalue weighted by molar-refractivity contribution is -0.141. The van der Waals surface area contributed by atoms with E-state index in [4.69, 9.17) is 4.74 Å². The van der Waals surface area contributed by atoms with Crippen LogP contribution in [0.4, 0.5) is 9.59 Å². The first kappa shape index (κ1) is 36.4. The average Bonchev–Trinajstić information content (AvgIpc) is 3.98. The van der Waals surface area contributed by atoms with Crippen molar-refractivity contribution < 1.29 is 37.1 Å². The summed E-state index contributed by atoms with van der Waals surface area (Å²) in [4.78, 5) is 73.1. The first-order valence-corrected chi connectivity index (χ1v) is 19.3. The molecule has 0 spiro atoms. The molecule has 276 valence electrons. The number of rotatable bonds is 7. The molecular formula is C36H48N6O8S. The number of amides is 6. The van der Waals surface area contributed by atoms with Gasteiger partial charge in [-0.15, -0.1) is 6.58 Å². The third-order valence-electron chi connectivity index (χ3n) is 10.6. The Morgan fingerprint density at radius 3 is 2.59 bits per heavy atom. The van der Waals surface area contributed by atoms with Gasteiger partial charge in [-0.1, -0.05) is 50.3 Å². The van der Waals surface area contributed by atoms with Crippen LogP contribution in [0.3, 0.4) is 0 Å². The lowest BCUT2D eigenvalue weighted by Crippen LogP contribution is -2.59. The number of nitrogens with zero attached hydrogens (tertiary/aromatic N) is 3. The Kier molecular flexibility index (Phi) is 10.2. The Morgan fingerprint density at radius 1 is 1.14 bits per heavy atom. The number of allylic oxidation sites excluding steroid dienone is 1. The van der Waals surface area contributed by atoms with E-state index in [-0.39, 0.29) is 25.3 Å². The van der Waals surface area contributed by atoms with Gasteiger partial charge in [0, 0.05) is 32.5 Å². The molecule has 3 aliphatic heterocycles. The summed E-state index contributed by atoms with van der Waals surface area (Å²) in [6.45, 7) is 8.39. The Bertz CT molecular complexity index is 1740. The molecule has 0 aromatic heterocycles. The molecule has 2 saturated carbocycles. The normalized spacial score (nSPS) is 28.6. The van der Waals surface area contributed by atoms with Crippen LogP contribution >= 0.6 is 0 Å². The standard InChI is InChI=1S/C36H48N6O8S/c1-5-25-18-36(25,33(45)39-51(48,49)27-14-15-27)38-31(43)29-17-26-20-42(29)32(44)30(22(2)3)37-34(46)40(4)16-9-7-6-8-11-23-12-10-13-24-19-41(21-28(23)24)35(47)50-26/h5,8,10-13,22,25-27,29-30H,1,6-7,9,14-21H2,2-4H3,(H,37,46)(H,38,43)(H,39,45)/t25-,26-,29+,30+,36-/m1/s1. The highest BCUT2D eigenvalue weighted by Crippen LogP contribution is 2.45. The quantitative estimate of drug-likeness (QED) is 0.360. The monoisotopic (exact) mass is 724 g/mol. The highest BCUT2D eigenvalue weighted by molar-refractivity contribution is 7.91. The third kappa shape index (κ3) is 7.63. The maximum Gasteiger partial charge on any atom is 0.410 e. The van der Waals surface area contributed by atoms with E-state index < -0.39 is 74.8 Å². The molecule has 3 N–H and O–H groups in total. The van der Waals surface area contributed by atoms with Crippen molar-refractivity contribution in [2.24, 2.45) is 11.8 Å². The van der Waals surface area contributed by atoms with Gasteiger partial charge in [0.2, 0.25) is 21.8 Å². The highest BCUT2D eigenvalue weighted by atomic mass is 32.2. The molecule has 51 heavy (non-hydrogen) atoms. The summed E-state index contributed by atoms with van der Waals surface area (Å²) in [6, 6.07) is 3.33. The smallest absolute Gasteiger partial charge is 0.410 e. The highest BCUT2D eigenvalue weighted by Gasteiger charge is 2.62. The van der Waals surface area contributed by atoms with Crippen molar-refractivity contribution in [2.45, 2.75) is 101 Å². The van der Waals surface area contributed by atoms with Crippen LogP contribution in [-0.2, 0) is 42.2 Å². The number of sulfonamides is 1. The summed E-state index contributed by atoms with van der Waals surface area (Å²) in [6.07, 6.45) is 7.58. The van der Waals surface area contributed by atoms with E-state index in [1.807, 2.05) is 18.2 Å². The van der Waals surface area contributed by atoms with Crippen molar-refractivity contribution in [1.29, 1.82) is 0 Å². The zero-order valence-corrected chi connectivity index (χ0v) is 30.2. The van der Waals surface area contributed by atoms with Gasteiger partial charge in [-0.05, 0) is 61.1 Å². The van der Waals surface area contributed by atoms with Crippen molar-refractivity contribution in [1.82, 2.24) is 30.1 Å². The SMILES string of the molecule is C=C[C@@H]1C[C@]1(NC(=O)[C@@H]1C[C@@H]2CN1C(=O)[C@H](C(C)C)NC(=O)N(C)CCCCC=Cc1cccc3c1CN(C3)C(=O)O2)C(=O)NS(=O)(=O)C1CC1. The van der Waals surface area contributed by atoms with E-state index in [1.54, 1.807) is 25.8 Å². The van der Waals surface area contributed by atoms with Crippen molar-refractivity contribution in [3.05, 3.63) is 53.6 Å². The second kappa shape index (κ2) is 14.3. The molecule has 6 rings (SSSR count). The first-order chi connectivity index (χ1) is 24.2. The van der Waals surface area contributed by atoms with Crippen LogP contribution < -0.4 is 15.4 Å². The van der Waals surface area contributed by atoms with Crippen molar-refractivity contribution in [3.8, 4) is 0 Å². The van der Waals surface area contributed by atoms with Gasteiger partial charge in [-0.2, -0.15) is 0 Å². The van der Waals surface area contributed by atoms with Gasteiger partial charge in [0.15, 0.2) is 0 Å². The largest absolute Gasteiger partial charge is 0.444 e. The Labute approximate surface area is 299 Å². The topological polar surface area (TPSA) is 175 Å². The van der Waals surface area contributed by atoms with Crippen LogP contribution in [0.2, 0.25) is 0 Å². The van der Waals surface area contributed by atoms with Crippen LogP contribution in [0.1, 0.15) is 75.5 Å². The van der Waals surface area contributed by atoms with Gasteiger partial charge < -0.3 is 25.2 Å². The summed E-state index contributed by atoms with van der Waals surface area (Å²) in [5, 5.41) is 4.95. The zero-order valence-electron chi connectivity index (χ0n) is 29.4. The molecule has 4 bridgehead atoms. The van der Waals surface area contributed by atoms with Gasteiger partial charge in [-0.25, -0.2) is 18.0 Å². The van der Waals surface area contributed by atoms with E-state index >= 15 is 0 Å². The number of carbonyl (C=O) groups is 5. The molecule has 14 nitrogen and oxygen atoms in total. The van der Waals surface area contributed by atoms with Crippen LogP contribution in [0.25, 0.3) is 6.08 Å². The Morgan fingerprint density at radius 2 is 1.90 bits per heavy atom.